The predicted octanol–water partition coefficient (Wildman–Crippen LogP) is 4.08. The van der Waals surface area contributed by atoms with Gasteiger partial charge in [0.2, 0.25) is 0 Å². The predicted molar refractivity (Wildman–Crippen MR) is 62.4 cm³/mol. The summed E-state index contributed by atoms with van der Waals surface area (Å²) in [6, 6.07) is 6.67. The first kappa shape index (κ1) is 12.9. The number of allylic oxidation sites excluding steroid dienone is 2. The highest BCUT2D eigenvalue weighted by Crippen LogP contribution is 2.44. The third-order valence-electron chi connectivity index (χ3n) is 3.04. The van der Waals surface area contributed by atoms with Gasteiger partial charge in [0.05, 0.1) is 0 Å². The average Bonchev–Trinajstić information content (AvgIpc) is 3.08. The van der Waals surface area contributed by atoms with Gasteiger partial charge in [-0.2, -0.15) is 13.2 Å². The van der Waals surface area contributed by atoms with Crippen LogP contribution in [0.2, 0.25) is 0 Å². The summed E-state index contributed by atoms with van der Waals surface area (Å²) in [5.74, 6) is -1.05. The Labute approximate surface area is 103 Å². The molecule has 0 unspecified atom stereocenters. The Balaban J connectivity index is 2.31. The fourth-order valence-corrected chi connectivity index (χ4v) is 1.89. The third kappa shape index (κ3) is 2.81. The second kappa shape index (κ2) is 4.59. The minimum Gasteiger partial charge on any atom is -0.289 e. The number of halogens is 3. The van der Waals surface area contributed by atoms with Crippen LogP contribution in [-0.2, 0) is 0 Å². The number of hydrogen-bond donors (Lipinski definition) is 0. The second-order valence-corrected chi connectivity index (χ2v) is 4.55. The van der Waals surface area contributed by atoms with Crippen LogP contribution in [0, 0.1) is 12.8 Å². The molecule has 4 heteroatoms. The molecule has 0 amide bonds. The molecule has 96 valence electrons. The van der Waals surface area contributed by atoms with Gasteiger partial charge in [0.1, 0.15) is 0 Å². The van der Waals surface area contributed by atoms with E-state index in [-0.39, 0.29) is 0 Å². The molecule has 0 aliphatic heterocycles. The number of rotatable bonds is 3. The summed E-state index contributed by atoms with van der Waals surface area (Å²) in [5, 5.41) is 0. The summed E-state index contributed by atoms with van der Waals surface area (Å²) in [6.07, 6.45) is -2.60. The highest BCUT2D eigenvalue weighted by Gasteiger charge is 2.43. The fraction of sp³-hybridized carbons (Fsp3) is 0.357. The highest BCUT2D eigenvalue weighted by molar-refractivity contribution is 6.06. The monoisotopic (exact) mass is 254 g/mol. The van der Waals surface area contributed by atoms with E-state index in [1.54, 1.807) is 31.2 Å². The van der Waals surface area contributed by atoms with E-state index in [9.17, 15) is 18.0 Å². The highest BCUT2D eigenvalue weighted by atomic mass is 19.4. The maximum absolute atomic E-state index is 12.8. The maximum atomic E-state index is 12.8. The van der Waals surface area contributed by atoms with Gasteiger partial charge in [0, 0.05) is 11.1 Å². The molecular formula is C14H13F3O. The summed E-state index contributed by atoms with van der Waals surface area (Å²) < 4.78 is 38.3. The van der Waals surface area contributed by atoms with Crippen molar-refractivity contribution in [1.29, 1.82) is 0 Å². The van der Waals surface area contributed by atoms with Crippen molar-refractivity contribution in [1.82, 2.24) is 0 Å². The number of hydrogen-bond acceptors (Lipinski definition) is 1. The normalized spacial score (nSPS) is 16.8. The molecule has 0 bridgehead atoms. The van der Waals surface area contributed by atoms with Crippen LogP contribution in [-0.4, -0.2) is 12.0 Å². The summed E-state index contributed by atoms with van der Waals surface area (Å²) in [6.45, 7) is 1.71. The number of alkyl halides is 3. The van der Waals surface area contributed by atoms with Gasteiger partial charge in [-0.25, -0.2) is 0 Å². The van der Waals surface area contributed by atoms with Gasteiger partial charge in [-0.1, -0.05) is 24.3 Å². The van der Waals surface area contributed by atoms with E-state index >= 15 is 0 Å². The molecule has 0 heterocycles. The standard InChI is InChI=1S/C14H13F3O/c1-9-4-2-3-5-11(9)13(18)8-12(10-6-7-10)14(15,16)17/h2-5,8,10H,6-7H2,1H3/b12-8+. The molecule has 0 radical (unpaired) electrons. The minimum absolute atomic E-state index is 0.333. The molecule has 1 aliphatic rings. The molecule has 0 N–H and O–H groups in total. The number of carbonyl (C=O) groups excluding carboxylic acids is 1. The lowest BCUT2D eigenvalue weighted by molar-refractivity contribution is -0.0955. The molecule has 0 aromatic heterocycles. The van der Waals surface area contributed by atoms with Gasteiger partial charge in [-0.05, 0) is 37.3 Å². The van der Waals surface area contributed by atoms with Crippen molar-refractivity contribution in [3.8, 4) is 0 Å². The Morgan fingerprint density at radius 3 is 2.39 bits per heavy atom. The van der Waals surface area contributed by atoms with Crippen molar-refractivity contribution in [3.63, 3.8) is 0 Å². The molecule has 1 aliphatic carbocycles. The van der Waals surface area contributed by atoms with Crippen LogP contribution in [0.1, 0.15) is 28.8 Å². The largest absolute Gasteiger partial charge is 0.413 e. The Kier molecular flexibility index (Phi) is 3.28. The molecule has 18 heavy (non-hydrogen) atoms. The van der Waals surface area contributed by atoms with Crippen molar-refractivity contribution in [2.75, 3.05) is 0 Å². The van der Waals surface area contributed by atoms with Crippen LogP contribution in [0.4, 0.5) is 13.2 Å². The maximum Gasteiger partial charge on any atom is 0.413 e. The lowest BCUT2D eigenvalue weighted by Gasteiger charge is -2.10. The van der Waals surface area contributed by atoms with E-state index in [1.807, 2.05) is 0 Å². The molecule has 0 spiro atoms. The van der Waals surface area contributed by atoms with Crippen LogP contribution >= 0.6 is 0 Å². The van der Waals surface area contributed by atoms with Crippen LogP contribution in [0.5, 0.6) is 0 Å². The van der Waals surface area contributed by atoms with Gasteiger partial charge in [0.25, 0.3) is 0 Å². The van der Waals surface area contributed by atoms with E-state index in [2.05, 4.69) is 0 Å². The van der Waals surface area contributed by atoms with Gasteiger partial charge in [-0.3, -0.25) is 4.79 Å². The first-order valence-electron chi connectivity index (χ1n) is 5.78. The van der Waals surface area contributed by atoms with Crippen LogP contribution < -0.4 is 0 Å². The van der Waals surface area contributed by atoms with Crippen LogP contribution in [0.3, 0.4) is 0 Å². The third-order valence-corrected chi connectivity index (χ3v) is 3.04. The number of benzene rings is 1. The number of aryl methyl sites for hydroxylation is 1. The Hall–Kier alpha value is -1.58. The van der Waals surface area contributed by atoms with Gasteiger partial charge in [0.15, 0.2) is 5.78 Å². The average molecular weight is 254 g/mol. The van der Waals surface area contributed by atoms with E-state index < -0.39 is 23.5 Å². The first-order valence-corrected chi connectivity index (χ1v) is 5.78. The molecule has 1 fully saturated rings. The zero-order chi connectivity index (χ0) is 13.3. The molecule has 1 saturated carbocycles. The van der Waals surface area contributed by atoms with Crippen molar-refractivity contribution < 1.29 is 18.0 Å². The van der Waals surface area contributed by atoms with Crippen molar-refractivity contribution in [2.24, 2.45) is 5.92 Å². The van der Waals surface area contributed by atoms with E-state index in [1.165, 1.54) is 0 Å². The number of ketones is 1. The Morgan fingerprint density at radius 1 is 1.28 bits per heavy atom. The van der Waals surface area contributed by atoms with Gasteiger partial charge >= 0.3 is 6.18 Å². The summed E-state index contributed by atoms with van der Waals surface area (Å²) in [4.78, 5) is 11.9. The zero-order valence-electron chi connectivity index (χ0n) is 9.92. The lowest BCUT2D eigenvalue weighted by Crippen LogP contribution is -2.15. The van der Waals surface area contributed by atoms with Crippen molar-refractivity contribution >= 4 is 5.78 Å². The smallest absolute Gasteiger partial charge is 0.289 e. The van der Waals surface area contributed by atoms with Crippen molar-refractivity contribution in [3.05, 3.63) is 47.0 Å². The SMILES string of the molecule is Cc1ccccc1C(=O)/C=C(\C1CC1)C(F)(F)F. The topological polar surface area (TPSA) is 17.1 Å². The van der Waals surface area contributed by atoms with E-state index in [4.69, 9.17) is 0 Å². The van der Waals surface area contributed by atoms with E-state index in [0.29, 0.717) is 24.0 Å². The minimum atomic E-state index is -4.40. The zero-order valence-corrected chi connectivity index (χ0v) is 9.92. The quantitative estimate of drug-likeness (QED) is 0.587. The summed E-state index contributed by atoms with van der Waals surface area (Å²) in [5.41, 5.74) is 0.340. The molecular weight excluding hydrogens is 241 g/mol. The van der Waals surface area contributed by atoms with Crippen LogP contribution in [0.25, 0.3) is 0 Å². The first-order chi connectivity index (χ1) is 8.39. The summed E-state index contributed by atoms with van der Waals surface area (Å²) >= 11 is 0. The molecule has 1 nitrogen and oxygen atoms in total. The second-order valence-electron chi connectivity index (χ2n) is 4.55. The Morgan fingerprint density at radius 2 is 1.89 bits per heavy atom. The molecule has 0 atom stereocenters. The molecule has 0 saturated heterocycles. The molecule has 2 rings (SSSR count). The number of carbonyl (C=O) groups is 1. The summed E-state index contributed by atoms with van der Waals surface area (Å²) in [7, 11) is 0. The van der Waals surface area contributed by atoms with E-state index in [0.717, 1.165) is 6.08 Å². The molecule has 1 aromatic carbocycles. The lowest BCUT2D eigenvalue weighted by atomic mass is 10.0. The Bertz CT molecular complexity index is 496. The molecule has 1 aromatic rings. The van der Waals surface area contributed by atoms with Gasteiger partial charge < -0.3 is 0 Å². The van der Waals surface area contributed by atoms with Crippen LogP contribution in [0.15, 0.2) is 35.9 Å². The fourth-order valence-electron chi connectivity index (χ4n) is 1.89. The van der Waals surface area contributed by atoms with Gasteiger partial charge in [-0.15, -0.1) is 0 Å². The van der Waals surface area contributed by atoms with Crippen molar-refractivity contribution in [2.45, 2.75) is 25.9 Å².